The van der Waals surface area contributed by atoms with Gasteiger partial charge in [0.2, 0.25) is 5.91 Å². The third kappa shape index (κ3) is 4.89. The molecular formula is C19H29ClN4O2. The van der Waals surface area contributed by atoms with Gasteiger partial charge >= 0.3 is 6.03 Å². The van der Waals surface area contributed by atoms with Crippen LogP contribution < -0.4 is 11.1 Å². The first-order valence-corrected chi connectivity index (χ1v) is 9.18. The van der Waals surface area contributed by atoms with Gasteiger partial charge in [0.1, 0.15) is 0 Å². The predicted molar refractivity (Wildman–Crippen MR) is 105 cm³/mol. The van der Waals surface area contributed by atoms with Gasteiger partial charge in [-0.3, -0.25) is 4.79 Å². The fourth-order valence-electron chi connectivity index (χ4n) is 3.77. The number of likely N-dealkylation sites (tertiary alicyclic amines) is 2. The number of hydrogen-bond donors (Lipinski definition) is 2. The number of nitrogens with zero attached hydrogens (tertiary/aromatic N) is 2. The van der Waals surface area contributed by atoms with E-state index < -0.39 is 0 Å². The first-order chi connectivity index (χ1) is 12.1. The summed E-state index contributed by atoms with van der Waals surface area (Å²) in [5, 5.41) is 2.94. The first kappa shape index (κ1) is 20.5. The lowest BCUT2D eigenvalue weighted by atomic mass is 9.97. The second kappa shape index (κ2) is 9.24. The quantitative estimate of drug-likeness (QED) is 0.845. The van der Waals surface area contributed by atoms with Crippen LogP contribution in [0, 0.1) is 18.8 Å². The summed E-state index contributed by atoms with van der Waals surface area (Å²) in [5.74, 6) is 0.519. The van der Waals surface area contributed by atoms with Crippen molar-refractivity contribution in [3.63, 3.8) is 0 Å². The van der Waals surface area contributed by atoms with Crippen LogP contribution in [0.5, 0.6) is 0 Å². The van der Waals surface area contributed by atoms with Gasteiger partial charge in [-0.2, -0.15) is 0 Å². The maximum absolute atomic E-state index is 12.8. The van der Waals surface area contributed by atoms with E-state index in [0.717, 1.165) is 43.6 Å². The number of nitrogens with two attached hydrogens (primary N) is 1. The lowest BCUT2D eigenvalue weighted by Crippen LogP contribution is -2.47. The number of anilines is 1. The number of amides is 3. The van der Waals surface area contributed by atoms with Crippen molar-refractivity contribution >= 4 is 30.0 Å². The molecule has 7 heteroatoms. The van der Waals surface area contributed by atoms with Gasteiger partial charge in [0.25, 0.3) is 0 Å². The van der Waals surface area contributed by atoms with Gasteiger partial charge in [0, 0.05) is 31.9 Å². The molecule has 2 atom stereocenters. The molecule has 2 aliphatic heterocycles. The van der Waals surface area contributed by atoms with Crippen LogP contribution in [0.4, 0.5) is 10.5 Å². The van der Waals surface area contributed by atoms with E-state index in [1.807, 2.05) is 36.1 Å². The van der Waals surface area contributed by atoms with Gasteiger partial charge in [-0.05, 0) is 56.3 Å². The van der Waals surface area contributed by atoms with E-state index in [4.69, 9.17) is 5.73 Å². The molecule has 3 rings (SSSR count). The molecule has 1 aromatic rings. The molecular weight excluding hydrogens is 352 g/mol. The van der Waals surface area contributed by atoms with Crippen molar-refractivity contribution in [2.24, 2.45) is 17.6 Å². The Morgan fingerprint density at radius 3 is 2.69 bits per heavy atom. The van der Waals surface area contributed by atoms with Crippen LogP contribution in [0.25, 0.3) is 0 Å². The molecule has 0 aromatic heterocycles. The molecule has 3 N–H and O–H groups in total. The minimum atomic E-state index is -0.121. The third-order valence-corrected chi connectivity index (χ3v) is 5.26. The van der Waals surface area contributed by atoms with E-state index in [9.17, 15) is 9.59 Å². The number of carbonyl (C=O) groups is 2. The molecule has 0 spiro atoms. The Morgan fingerprint density at radius 1 is 1.19 bits per heavy atom. The van der Waals surface area contributed by atoms with Gasteiger partial charge < -0.3 is 20.9 Å². The maximum atomic E-state index is 12.8. The lowest BCUT2D eigenvalue weighted by Gasteiger charge is -2.34. The summed E-state index contributed by atoms with van der Waals surface area (Å²) >= 11 is 0. The number of urea groups is 1. The largest absolute Gasteiger partial charge is 0.342 e. The number of carbonyl (C=O) groups excluding carboxylic acids is 2. The van der Waals surface area contributed by atoms with Crippen LogP contribution in [0.15, 0.2) is 24.3 Å². The van der Waals surface area contributed by atoms with Crippen molar-refractivity contribution in [3.8, 4) is 0 Å². The highest BCUT2D eigenvalue weighted by Crippen LogP contribution is 2.23. The minimum Gasteiger partial charge on any atom is -0.342 e. The second-order valence-corrected chi connectivity index (χ2v) is 7.26. The van der Waals surface area contributed by atoms with Crippen LogP contribution in [-0.2, 0) is 4.79 Å². The fraction of sp³-hybridized carbons (Fsp3) is 0.579. The molecule has 2 heterocycles. The summed E-state index contributed by atoms with van der Waals surface area (Å²) in [6, 6.07) is 7.63. The summed E-state index contributed by atoms with van der Waals surface area (Å²) in [7, 11) is 0. The van der Waals surface area contributed by atoms with Gasteiger partial charge in [-0.15, -0.1) is 12.4 Å². The van der Waals surface area contributed by atoms with Gasteiger partial charge in [0.05, 0.1) is 5.92 Å². The van der Waals surface area contributed by atoms with Gasteiger partial charge in [0.15, 0.2) is 0 Å². The number of nitrogens with one attached hydrogen (secondary N) is 1. The molecule has 2 fully saturated rings. The topological polar surface area (TPSA) is 78.7 Å². The number of aryl methyl sites for hydroxylation is 1. The van der Waals surface area contributed by atoms with Crippen molar-refractivity contribution in [2.45, 2.75) is 26.2 Å². The number of hydrogen-bond acceptors (Lipinski definition) is 3. The lowest BCUT2D eigenvalue weighted by molar-refractivity contribution is -0.135. The number of piperidine rings is 1. The monoisotopic (exact) mass is 380 g/mol. The van der Waals surface area contributed by atoms with E-state index in [1.165, 1.54) is 0 Å². The van der Waals surface area contributed by atoms with Crippen molar-refractivity contribution in [2.75, 3.05) is 38.0 Å². The van der Waals surface area contributed by atoms with E-state index in [1.54, 1.807) is 4.90 Å². The van der Waals surface area contributed by atoms with Crippen LogP contribution in [-0.4, -0.2) is 54.5 Å². The van der Waals surface area contributed by atoms with Gasteiger partial charge in [-0.25, -0.2) is 4.79 Å². The molecule has 0 radical (unpaired) electrons. The molecule has 1 aromatic carbocycles. The molecule has 3 amide bonds. The molecule has 26 heavy (non-hydrogen) atoms. The zero-order valence-corrected chi connectivity index (χ0v) is 16.1. The molecule has 6 nitrogen and oxygen atoms in total. The first-order valence-electron chi connectivity index (χ1n) is 9.18. The summed E-state index contributed by atoms with van der Waals surface area (Å²) in [4.78, 5) is 29.0. The third-order valence-electron chi connectivity index (χ3n) is 5.26. The minimum absolute atomic E-state index is 0. The summed E-state index contributed by atoms with van der Waals surface area (Å²) < 4.78 is 0. The van der Waals surface area contributed by atoms with Crippen LogP contribution in [0.3, 0.4) is 0 Å². The number of benzene rings is 1. The normalized spacial score (nSPS) is 22.7. The van der Waals surface area contributed by atoms with Crippen molar-refractivity contribution in [1.82, 2.24) is 9.80 Å². The average Bonchev–Trinajstić information content (AvgIpc) is 3.10. The highest BCUT2D eigenvalue weighted by atomic mass is 35.5. The molecule has 2 aliphatic rings. The van der Waals surface area contributed by atoms with Crippen molar-refractivity contribution in [1.29, 1.82) is 0 Å². The molecule has 0 bridgehead atoms. The van der Waals surface area contributed by atoms with Crippen molar-refractivity contribution in [3.05, 3.63) is 29.8 Å². The van der Waals surface area contributed by atoms with E-state index in [2.05, 4.69) is 5.32 Å². The SMILES string of the molecule is Cc1cccc(NC(=O)N2CCCC(C(=O)N3CCC(CN)C3)C2)c1.Cl. The molecule has 2 unspecified atom stereocenters. The number of rotatable bonds is 3. The van der Waals surface area contributed by atoms with Crippen molar-refractivity contribution < 1.29 is 9.59 Å². The van der Waals surface area contributed by atoms with Crippen LogP contribution >= 0.6 is 12.4 Å². The Balaban J connectivity index is 0.00000243. The zero-order chi connectivity index (χ0) is 17.8. The molecule has 0 saturated carbocycles. The second-order valence-electron chi connectivity index (χ2n) is 7.26. The summed E-state index contributed by atoms with van der Waals surface area (Å²) in [6.07, 6.45) is 2.72. The summed E-state index contributed by atoms with van der Waals surface area (Å²) in [6.45, 7) is 5.40. The standard InChI is InChI=1S/C19H28N4O2.ClH/c1-14-4-2-6-17(10-14)21-19(25)23-8-3-5-16(13-23)18(24)22-9-7-15(11-20)12-22;/h2,4,6,10,15-16H,3,5,7-9,11-13,20H2,1H3,(H,21,25);1H. The van der Waals surface area contributed by atoms with Crippen LogP contribution in [0.1, 0.15) is 24.8 Å². The average molecular weight is 381 g/mol. The van der Waals surface area contributed by atoms with Crippen LogP contribution in [0.2, 0.25) is 0 Å². The number of halogens is 1. The summed E-state index contributed by atoms with van der Waals surface area (Å²) in [5.41, 5.74) is 7.62. The van der Waals surface area contributed by atoms with Gasteiger partial charge in [-0.1, -0.05) is 12.1 Å². The van der Waals surface area contributed by atoms with E-state index in [0.29, 0.717) is 25.6 Å². The Morgan fingerprint density at radius 2 is 2.00 bits per heavy atom. The Bertz CT molecular complexity index is 640. The molecule has 144 valence electrons. The Kier molecular flexibility index (Phi) is 7.29. The zero-order valence-electron chi connectivity index (χ0n) is 15.3. The fourth-order valence-corrected chi connectivity index (χ4v) is 3.77. The molecule has 2 saturated heterocycles. The smallest absolute Gasteiger partial charge is 0.321 e. The Hall–Kier alpha value is -1.79. The highest BCUT2D eigenvalue weighted by Gasteiger charge is 2.34. The van der Waals surface area contributed by atoms with E-state index >= 15 is 0 Å². The predicted octanol–water partition coefficient (Wildman–Crippen LogP) is 2.47. The highest BCUT2D eigenvalue weighted by molar-refractivity contribution is 5.90. The molecule has 0 aliphatic carbocycles. The Labute approximate surface area is 161 Å². The van der Waals surface area contributed by atoms with E-state index in [-0.39, 0.29) is 30.3 Å². The maximum Gasteiger partial charge on any atom is 0.321 e.